The number of hydrogen-bond acceptors (Lipinski definition) is 5. The van der Waals surface area contributed by atoms with E-state index in [1.54, 1.807) is 26.0 Å². The third-order valence-corrected chi connectivity index (χ3v) is 4.99. The molecule has 0 amide bonds. The zero-order valence-electron chi connectivity index (χ0n) is 10.8. The summed E-state index contributed by atoms with van der Waals surface area (Å²) in [5.74, 6) is 0.284. The Morgan fingerprint density at radius 1 is 1.26 bits per heavy atom. The average molecular weight is 298 g/mol. The first-order valence-corrected chi connectivity index (χ1v) is 8.25. The van der Waals surface area contributed by atoms with Crippen LogP contribution in [0.5, 0.6) is 0 Å². The molecule has 0 atom stereocenters. The van der Waals surface area contributed by atoms with E-state index < -0.39 is 10.0 Å². The molecule has 0 bridgehead atoms. The van der Waals surface area contributed by atoms with E-state index in [1.807, 2.05) is 18.4 Å². The summed E-state index contributed by atoms with van der Waals surface area (Å²) >= 11 is 1.48. The minimum absolute atomic E-state index is 0.100. The Hall–Kier alpha value is -1.47. The lowest BCUT2D eigenvalue weighted by Gasteiger charge is -2.10. The predicted octanol–water partition coefficient (Wildman–Crippen LogP) is 2.81. The first kappa shape index (κ1) is 14.0. The molecule has 1 aromatic heterocycles. The second-order valence-corrected chi connectivity index (χ2v) is 6.43. The molecule has 102 valence electrons. The third kappa shape index (κ3) is 2.76. The average Bonchev–Trinajstić information content (AvgIpc) is 2.70. The van der Waals surface area contributed by atoms with Gasteiger partial charge in [-0.05, 0) is 32.2 Å². The zero-order valence-corrected chi connectivity index (χ0v) is 12.4. The van der Waals surface area contributed by atoms with Gasteiger partial charge in [-0.15, -0.1) is 11.8 Å². The van der Waals surface area contributed by atoms with E-state index in [0.29, 0.717) is 11.4 Å². The predicted molar refractivity (Wildman–Crippen MR) is 75.0 cm³/mol. The number of sulfonamides is 1. The molecule has 19 heavy (non-hydrogen) atoms. The van der Waals surface area contributed by atoms with E-state index in [9.17, 15) is 8.42 Å². The topological polar surface area (TPSA) is 72.2 Å². The fourth-order valence-electron chi connectivity index (χ4n) is 1.78. The summed E-state index contributed by atoms with van der Waals surface area (Å²) in [5, 5.41) is 3.67. The maximum absolute atomic E-state index is 12.4. The summed E-state index contributed by atoms with van der Waals surface area (Å²) in [5.41, 5.74) is 0.904. The third-order valence-electron chi connectivity index (χ3n) is 2.59. The van der Waals surface area contributed by atoms with Crippen molar-refractivity contribution in [2.45, 2.75) is 23.6 Å². The van der Waals surface area contributed by atoms with Crippen molar-refractivity contribution in [1.82, 2.24) is 5.16 Å². The lowest BCUT2D eigenvalue weighted by atomic mass is 10.3. The van der Waals surface area contributed by atoms with Crippen molar-refractivity contribution in [2.24, 2.45) is 0 Å². The number of aromatic nitrogens is 1. The van der Waals surface area contributed by atoms with Crippen LogP contribution in [0.15, 0.2) is 38.6 Å². The lowest BCUT2D eigenvalue weighted by Crippen LogP contribution is -2.15. The fourth-order valence-corrected chi connectivity index (χ4v) is 3.81. The van der Waals surface area contributed by atoms with Crippen molar-refractivity contribution in [3.8, 4) is 0 Å². The second kappa shape index (κ2) is 5.26. The van der Waals surface area contributed by atoms with E-state index in [-0.39, 0.29) is 10.7 Å². The Bertz CT molecular complexity index is 673. The molecule has 0 aliphatic carbocycles. The molecule has 7 heteroatoms. The number of benzene rings is 1. The zero-order chi connectivity index (χ0) is 14.0. The van der Waals surface area contributed by atoms with Crippen LogP contribution in [0.1, 0.15) is 11.5 Å². The highest BCUT2D eigenvalue weighted by molar-refractivity contribution is 7.99. The minimum Gasteiger partial charge on any atom is -0.360 e. The second-order valence-electron chi connectivity index (χ2n) is 3.96. The first-order chi connectivity index (χ1) is 8.95. The monoisotopic (exact) mass is 298 g/mol. The van der Waals surface area contributed by atoms with Crippen molar-refractivity contribution in [3.63, 3.8) is 0 Å². The fraction of sp³-hybridized carbons (Fsp3) is 0.250. The van der Waals surface area contributed by atoms with Crippen LogP contribution in [0.2, 0.25) is 0 Å². The van der Waals surface area contributed by atoms with E-state index in [1.165, 1.54) is 11.8 Å². The van der Waals surface area contributed by atoms with Gasteiger partial charge in [0.15, 0.2) is 10.7 Å². The van der Waals surface area contributed by atoms with Crippen LogP contribution in [0.25, 0.3) is 0 Å². The van der Waals surface area contributed by atoms with E-state index in [4.69, 9.17) is 4.52 Å². The minimum atomic E-state index is -3.68. The van der Waals surface area contributed by atoms with Gasteiger partial charge in [-0.3, -0.25) is 4.72 Å². The Kier molecular flexibility index (Phi) is 3.86. The molecule has 5 nitrogen and oxygen atoms in total. The molecule has 0 spiro atoms. The number of thioether (sulfide) groups is 1. The molecule has 0 fully saturated rings. The van der Waals surface area contributed by atoms with Crippen molar-refractivity contribution < 1.29 is 12.9 Å². The van der Waals surface area contributed by atoms with Crippen LogP contribution in [-0.2, 0) is 10.0 Å². The number of anilines is 1. The number of hydrogen-bond donors (Lipinski definition) is 1. The Morgan fingerprint density at radius 3 is 2.53 bits per heavy atom. The summed E-state index contributed by atoms with van der Waals surface area (Å²) in [6.07, 6.45) is 1.89. The Balaban J connectivity index is 2.43. The molecule has 0 aliphatic heterocycles. The highest BCUT2D eigenvalue weighted by Crippen LogP contribution is 2.28. The van der Waals surface area contributed by atoms with Gasteiger partial charge in [-0.25, -0.2) is 8.42 Å². The van der Waals surface area contributed by atoms with Gasteiger partial charge in [0.05, 0.1) is 5.69 Å². The van der Waals surface area contributed by atoms with Crippen LogP contribution in [0, 0.1) is 13.8 Å². The van der Waals surface area contributed by atoms with Crippen LogP contribution in [0.3, 0.4) is 0 Å². The molecule has 0 unspecified atom stereocenters. The van der Waals surface area contributed by atoms with Crippen molar-refractivity contribution in [2.75, 3.05) is 11.0 Å². The lowest BCUT2D eigenvalue weighted by molar-refractivity contribution is 0.390. The van der Waals surface area contributed by atoms with Crippen LogP contribution < -0.4 is 4.72 Å². The summed E-state index contributed by atoms with van der Waals surface area (Å²) in [6.45, 7) is 3.18. The molecular weight excluding hydrogens is 284 g/mol. The van der Waals surface area contributed by atoms with E-state index >= 15 is 0 Å². The van der Waals surface area contributed by atoms with E-state index in [0.717, 1.165) is 4.90 Å². The molecule has 1 aromatic carbocycles. The Morgan fingerprint density at radius 2 is 1.95 bits per heavy atom. The van der Waals surface area contributed by atoms with Gasteiger partial charge in [0.1, 0.15) is 5.69 Å². The number of nitrogens with one attached hydrogen (secondary N) is 1. The van der Waals surface area contributed by atoms with Gasteiger partial charge >= 0.3 is 0 Å². The smallest absolute Gasteiger partial charge is 0.267 e. The van der Waals surface area contributed by atoms with Gasteiger partial charge in [-0.1, -0.05) is 17.3 Å². The molecule has 0 radical (unpaired) electrons. The van der Waals surface area contributed by atoms with Crippen molar-refractivity contribution in [3.05, 3.63) is 35.7 Å². The van der Waals surface area contributed by atoms with Crippen molar-refractivity contribution in [1.29, 1.82) is 0 Å². The largest absolute Gasteiger partial charge is 0.360 e. The maximum Gasteiger partial charge on any atom is 0.267 e. The molecular formula is C12H14N2O3S2. The number of aryl methyl sites for hydroxylation is 2. The van der Waals surface area contributed by atoms with Crippen LogP contribution >= 0.6 is 11.8 Å². The standard InChI is InChI=1S/C12H14N2O3S2/c1-8-12(9(2)17-13-8)19(15,16)14-10-6-4-5-7-11(10)18-3/h4-7,14H,1-3H3. The quantitative estimate of drug-likeness (QED) is 0.879. The first-order valence-electron chi connectivity index (χ1n) is 5.54. The summed E-state index contributed by atoms with van der Waals surface area (Å²) in [7, 11) is -3.68. The van der Waals surface area contributed by atoms with Gasteiger partial charge in [0, 0.05) is 4.90 Å². The Labute approximate surface area is 116 Å². The molecule has 2 rings (SSSR count). The van der Waals surface area contributed by atoms with Crippen molar-refractivity contribution >= 4 is 27.5 Å². The van der Waals surface area contributed by atoms with Gasteiger partial charge in [0.2, 0.25) is 0 Å². The highest BCUT2D eigenvalue weighted by atomic mass is 32.2. The highest BCUT2D eigenvalue weighted by Gasteiger charge is 2.24. The molecule has 1 heterocycles. The number of rotatable bonds is 4. The molecule has 1 N–H and O–H groups in total. The van der Waals surface area contributed by atoms with Gasteiger partial charge < -0.3 is 4.52 Å². The van der Waals surface area contributed by atoms with Gasteiger partial charge in [-0.2, -0.15) is 0 Å². The molecule has 0 saturated carbocycles. The summed E-state index contributed by atoms with van der Waals surface area (Å²) < 4.78 is 32.2. The van der Waals surface area contributed by atoms with Gasteiger partial charge in [0.25, 0.3) is 10.0 Å². The molecule has 2 aromatic rings. The molecule has 0 saturated heterocycles. The number of nitrogens with zero attached hydrogens (tertiary/aromatic N) is 1. The van der Waals surface area contributed by atoms with E-state index in [2.05, 4.69) is 9.88 Å². The molecule has 0 aliphatic rings. The summed E-state index contributed by atoms with van der Waals surface area (Å²) in [6, 6.07) is 7.22. The summed E-state index contributed by atoms with van der Waals surface area (Å²) in [4.78, 5) is 0.959. The number of para-hydroxylation sites is 1. The normalized spacial score (nSPS) is 11.5. The van der Waals surface area contributed by atoms with Crippen LogP contribution in [0.4, 0.5) is 5.69 Å². The SMILES string of the molecule is CSc1ccccc1NS(=O)(=O)c1c(C)noc1C. The van der Waals surface area contributed by atoms with Crippen LogP contribution in [-0.4, -0.2) is 19.8 Å². The maximum atomic E-state index is 12.4.